The van der Waals surface area contributed by atoms with Crippen LogP contribution in [0, 0.1) is 13.8 Å². The molecule has 0 N–H and O–H groups in total. The molecule has 1 aliphatic heterocycles. The van der Waals surface area contributed by atoms with Crippen LogP contribution in [0.5, 0.6) is 5.75 Å². The average molecular weight is 593 g/mol. The molecule has 0 saturated heterocycles. The lowest BCUT2D eigenvalue weighted by atomic mass is 10.1. The molecule has 0 bridgehead atoms. The van der Waals surface area contributed by atoms with E-state index in [1.54, 1.807) is 6.92 Å². The van der Waals surface area contributed by atoms with E-state index in [0.29, 0.717) is 44.9 Å². The lowest BCUT2D eigenvalue weighted by molar-refractivity contribution is -0.116. The van der Waals surface area contributed by atoms with Gasteiger partial charge in [-0.1, -0.05) is 48.5 Å². The van der Waals surface area contributed by atoms with Crippen molar-refractivity contribution in [2.75, 3.05) is 37.7 Å². The molecule has 230 valence electrons. The van der Waals surface area contributed by atoms with Gasteiger partial charge in [0.25, 0.3) is 5.91 Å². The molecule has 44 heavy (non-hydrogen) atoms. The van der Waals surface area contributed by atoms with Crippen LogP contribution in [0.2, 0.25) is 0 Å². The van der Waals surface area contributed by atoms with Gasteiger partial charge in [0.15, 0.2) is 0 Å². The van der Waals surface area contributed by atoms with Gasteiger partial charge in [-0.15, -0.1) is 0 Å². The first kappa shape index (κ1) is 31.1. The maximum atomic E-state index is 14.1. The summed E-state index contributed by atoms with van der Waals surface area (Å²) in [5.74, 6) is 0.884. The maximum Gasteiger partial charge on any atom is 0.254 e. The van der Waals surface area contributed by atoms with Gasteiger partial charge in [-0.05, 0) is 74.7 Å². The first-order chi connectivity index (χ1) is 21.3. The lowest BCUT2D eigenvalue weighted by Crippen LogP contribution is -2.38. The molecule has 5 rings (SSSR count). The zero-order chi connectivity index (χ0) is 31.1. The van der Waals surface area contributed by atoms with Crippen LogP contribution in [0.4, 0.5) is 5.69 Å². The van der Waals surface area contributed by atoms with Crippen LogP contribution in [-0.2, 0) is 24.4 Å². The van der Waals surface area contributed by atoms with Gasteiger partial charge in [0.05, 0.1) is 6.61 Å². The molecule has 0 unspecified atom stereocenters. The Bertz CT molecular complexity index is 1560. The Morgan fingerprint density at radius 3 is 2.20 bits per heavy atom. The van der Waals surface area contributed by atoms with Gasteiger partial charge in [-0.25, -0.2) is 0 Å². The summed E-state index contributed by atoms with van der Waals surface area (Å²) in [4.78, 5) is 33.1. The van der Waals surface area contributed by atoms with E-state index in [0.717, 1.165) is 47.6 Å². The molecule has 2 heterocycles. The molecule has 0 spiro atoms. The zero-order valence-corrected chi connectivity index (χ0v) is 26.5. The van der Waals surface area contributed by atoms with E-state index < -0.39 is 0 Å². The largest absolute Gasteiger partial charge is 0.494 e. The van der Waals surface area contributed by atoms with E-state index >= 15 is 0 Å². The Morgan fingerprint density at radius 1 is 0.773 bits per heavy atom. The second-order valence-corrected chi connectivity index (χ2v) is 11.6. The Morgan fingerprint density at radius 2 is 1.48 bits per heavy atom. The summed E-state index contributed by atoms with van der Waals surface area (Å²) in [6.07, 6.45) is 0.820. The molecule has 0 aliphatic carbocycles. The lowest BCUT2D eigenvalue weighted by Gasteiger charge is -2.28. The number of hydrogen-bond acceptors (Lipinski definition) is 4. The quantitative estimate of drug-likeness (QED) is 0.247. The highest BCUT2D eigenvalue weighted by atomic mass is 16.5. The van der Waals surface area contributed by atoms with Crippen molar-refractivity contribution in [1.29, 1.82) is 0 Å². The van der Waals surface area contributed by atoms with Crippen molar-refractivity contribution in [2.24, 2.45) is 0 Å². The molecule has 0 saturated carbocycles. The van der Waals surface area contributed by atoms with Crippen molar-refractivity contribution in [3.8, 4) is 5.75 Å². The van der Waals surface area contributed by atoms with Gasteiger partial charge in [0, 0.05) is 80.9 Å². The SMILES string of the molecule is CCOc1ccccc1CN1CCCN(C(C)=O)c2ccccc2CN(C(=O)c2ccc(Cn3c(C)ccc3C)cc2)CC1. The Hall–Kier alpha value is -4.36. The van der Waals surface area contributed by atoms with E-state index in [1.807, 2.05) is 71.3 Å². The summed E-state index contributed by atoms with van der Waals surface area (Å²) >= 11 is 0. The number of aryl methyl sites for hydroxylation is 2. The van der Waals surface area contributed by atoms with E-state index in [-0.39, 0.29) is 11.8 Å². The summed E-state index contributed by atoms with van der Waals surface area (Å²) in [6, 6.07) is 28.4. The number of rotatable bonds is 7. The monoisotopic (exact) mass is 592 g/mol. The average Bonchev–Trinajstić information content (AvgIpc) is 3.32. The van der Waals surface area contributed by atoms with Crippen LogP contribution in [0.15, 0.2) is 84.9 Å². The minimum absolute atomic E-state index is 0.00608. The highest BCUT2D eigenvalue weighted by Gasteiger charge is 2.23. The van der Waals surface area contributed by atoms with Gasteiger partial charge in [0.2, 0.25) is 5.91 Å². The second-order valence-electron chi connectivity index (χ2n) is 11.6. The highest BCUT2D eigenvalue weighted by molar-refractivity contribution is 5.95. The number of hydrogen-bond donors (Lipinski definition) is 0. The van der Waals surface area contributed by atoms with Crippen molar-refractivity contribution in [1.82, 2.24) is 14.4 Å². The molecule has 2 amide bonds. The minimum Gasteiger partial charge on any atom is -0.494 e. The molecule has 4 aromatic rings. The number of carbonyl (C=O) groups excluding carboxylic acids is 2. The molecule has 1 aliphatic rings. The fourth-order valence-corrected chi connectivity index (χ4v) is 6.04. The fraction of sp³-hybridized carbons (Fsp3) is 0.351. The maximum absolute atomic E-state index is 14.1. The standard InChI is InChI=1S/C37H44N4O3/c1-5-44-36-14-9-7-12-34(36)26-38-21-10-22-40(30(4)42)35-13-8-6-11-33(35)27-39(24-23-38)37(43)32-19-17-31(18-20-32)25-41-28(2)15-16-29(41)3/h6-9,11-20H,5,10,21-27H2,1-4H3. The number of nitrogens with zero attached hydrogens (tertiary/aromatic N) is 4. The van der Waals surface area contributed by atoms with E-state index in [4.69, 9.17) is 4.74 Å². The third-order valence-corrected chi connectivity index (χ3v) is 8.48. The molecule has 0 radical (unpaired) electrons. The molecule has 1 aromatic heterocycles. The first-order valence-corrected chi connectivity index (χ1v) is 15.6. The highest BCUT2D eigenvalue weighted by Crippen LogP contribution is 2.26. The Labute approximate surface area is 261 Å². The molecule has 7 nitrogen and oxygen atoms in total. The van der Waals surface area contributed by atoms with Gasteiger partial charge in [-0.2, -0.15) is 0 Å². The molecular weight excluding hydrogens is 548 g/mol. The first-order valence-electron chi connectivity index (χ1n) is 15.6. The van der Waals surface area contributed by atoms with Crippen LogP contribution in [0.1, 0.15) is 58.7 Å². The summed E-state index contributed by atoms with van der Waals surface area (Å²) in [5, 5.41) is 0. The number of anilines is 1. The van der Waals surface area contributed by atoms with Crippen LogP contribution in [0.3, 0.4) is 0 Å². The third-order valence-electron chi connectivity index (χ3n) is 8.48. The topological polar surface area (TPSA) is 58.0 Å². The number of carbonyl (C=O) groups is 2. The van der Waals surface area contributed by atoms with Crippen LogP contribution < -0.4 is 9.64 Å². The smallest absolute Gasteiger partial charge is 0.254 e. The Balaban J connectivity index is 1.42. The molecule has 0 atom stereocenters. The number of benzene rings is 3. The number of para-hydroxylation sites is 2. The summed E-state index contributed by atoms with van der Waals surface area (Å²) in [7, 11) is 0. The van der Waals surface area contributed by atoms with Crippen LogP contribution >= 0.6 is 0 Å². The van der Waals surface area contributed by atoms with Gasteiger partial charge in [-0.3, -0.25) is 14.5 Å². The van der Waals surface area contributed by atoms with Gasteiger partial charge >= 0.3 is 0 Å². The van der Waals surface area contributed by atoms with Crippen molar-refractivity contribution in [3.63, 3.8) is 0 Å². The molecule has 7 heteroatoms. The fourth-order valence-electron chi connectivity index (χ4n) is 6.04. The summed E-state index contributed by atoms with van der Waals surface area (Å²) < 4.78 is 8.20. The Kier molecular flexibility index (Phi) is 10.2. The number of ether oxygens (including phenoxy) is 1. The van der Waals surface area contributed by atoms with Crippen LogP contribution in [-0.4, -0.2) is 59.0 Å². The number of fused-ring (bicyclic) bond motifs is 1. The van der Waals surface area contributed by atoms with E-state index in [2.05, 4.69) is 53.6 Å². The van der Waals surface area contributed by atoms with Gasteiger partial charge < -0.3 is 19.1 Å². The molecule has 0 fully saturated rings. The third kappa shape index (κ3) is 7.40. The van der Waals surface area contributed by atoms with Crippen molar-refractivity contribution in [2.45, 2.75) is 53.8 Å². The summed E-state index contributed by atoms with van der Waals surface area (Å²) in [6.45, 7) is 13.0. The van der Waals surface area contributed by atoms with Crippen molar-refractivity contribution >= 4 is 17.5 Å². The molecule has 3 aromatic carbocycles. The predicted octanol–water partition coefficient (Wildman–Crippen LogP) is 6.45. The number of amides is 2. The minimum atomic E-state index is -0.0111. The van der Waals surface area contributed by atoms with Crippen molar-refractivity contribution < 1.29 is 14.3 Å². The zero-order valence-electron chi connectivity index (χ0n) is 26.5. The van der Waals surface area contributed by atoms with Gasteiger partial charge in [0.1, 0.15) is 5.75 Å². The summed E-state index contributed by atoms with van der Waals surface area (Å²) in [5.41, 5.74) is 7.23. The molecular formula is C37H44N4O3. The second kappa shape index (κ2) is 14.4. The van der Waals surface area contributed by atoms with Crippen LogP contribution in [0.25, 0.3) is 0 Å². The van der Waals surface area contributed by atoms with E-state index in [9.17, 15) is 9.59 Å². The normalized spacial score (nSPS) is 14.5. The van der Waals surface area contributed by atoms with E-state index in [1.165, 1.54) is 11.4 Å². The predicted molar refractivity (Wildman–Crippen MR) is 176 cm³/mol. The van der Waals surface area contributed by atoms with Crippen molar-refractivity contribution in [3.05, 3.63) is 119 Å². The number of aromatic nitrogens is 1.